The third-order valence-corrected chi connectivity index (χ3v) is 24.2. The fraction of sp³-hybridized carbons (Fsp3) is 0.774. The van der Waals surface area contributed by atoms with Crippen LogP contribution in [0.1, 0.15) is 215 Å². The summed E-state index contributed by atoms with van der Waals surface area (Å²) in [6, 6.07) is 11.6. The average Bonchev–Trinajstić information content (AvgIpc) is 3.88. The van der Waals surface area contributed by atoms with E-state index in [2.05, 4.69) is 52.2 Å². The second-order valence-corrected chi connectivity index (χ2v) is 26.8. The van der Waals surface area contributed by atoms with Gasteiger partial charge in [0.05, 0.1) is 23.3 Å². The number of hydrogen-bond donors (Lipinski definition) is 4. The molecule has 6 heteroatoms. The number of aliphatic hydroxyl groups is 2. The summed E-state index contributed by atoms with van der Waals surface area (Å²) in [5.41, 5.74) is 5.47. The van der Waals surface area contributed by atoms with E-state index in [0.29, 0.717) is 55.7 Å². The number of benzene rings is 2. The van der Waals surface area contributed by atoms with Crippen LogP contribution in [0.25, 0.3) is 0 Å². The molecule has 18 atom stereocenters. The molecule has 8 fully saturated rings. The Morgan fingerprint density at radius 2 is 0.912 bits per heavy atom. The van der Waals surface area contributed by atoms with Gasteiger partial charge in [-0.25, -0.2) is 0 Å². The van der Waals surface area contributed by atoms with Gasteiger partial charge >= 0.3 is 0 Å². The van der Waals surface area contributed by atoms with E-state index in [1.807, 2.05) is 36.4 Å². The number of fused-ring (bicyclic) bond motifs is 12. The first-order valence-electron chi connectivity index (χ1n) is 28.8. The Bertz CT molecular complexity index is 2070. The molecule has 8 saturated carbocycles. The molecular formula is C62H90N2O4. The fourth-order valence-electron chi connectivity index (χ4n) is 20.7. The van der Waals surface area contributed by atoms with E-state index in [1.54, 1.807) is 0 Å². The summed E-state index contributed by atoms with van der Waals surface area (Å²) in [7, 11) is 0. The van der Waals surface area contributed by atoms with Crippen LogP contribution in [0.2, 0.25) is 0 Å². The summed E-state index contributed by atoms with van der Waals surface area (Å²) in [6.07, 6.45) is 27.3. The monoisotopic (exact) mass is 927 g/mol. The van der Waals surface area contributed by atoms with Crippen molar-refractivity contribution in [1.82, 2.24) is 0 Å². The van der Waals surface area contributed by atoms with Crippen molar-refractivity contribution in [2.24, 2.45) is 92.7 Å². The van der Waals surface area contributed by atoms with Crippen molar-refractivity contribution in [3.05, 3.63) is 58.7 Å². The lowest BCUT2D eigenvalue weighted by Crippen LogP contribution is -2.54. The second-order valence-electron chi connectivity index (χ2n) is 26.8. The molecule has 6 nitrogen and oxygen atoms in total. The van der Waals surface area contributed by atoms with Crippen molar-refractivity contribution in [3.63, 3.8) is 0 Å². The van der Waals surface area contributed by atoms with E-state index in [4.69, 9.17) is 0 Å². The zero-order chi connectivity index (χ0) is 47.3. The number of aliphatic hydroxyl groups excluding tert-OH is 2. The van der Waals surface area contributed by atoms with Crippen LogP contribution >= 0.6 is 0 Å². The molecule has 372 valence electrons. The molecule has 0 amide bonds. The van der Waals surface area contributed by atoms with Crippen molar-refractivity contribution in [3.8, 4) is 0 Å². The third-order valence-electron chi connectivity index (χ3n) is 24.2. The third kappa shape index (κ3) is 7.64. The standard InChI is InChI=1S/C62H90N2O4/c1-37(47-21-23-49-43-19-17-39-35-41(65)25-29-59(39,3)51(43)27-31-61(47,49)5)11-9-33-63-53-15-7-13-45-55(53)57(67)46-14-8-16-54(56(46)58(45)68)64-34-10-12-38(2)48-22-24-50-44-20-18-40-36-42(66)26-30-60(40,4)52(44)28-32-62(48,50)6/h7-8,13-16,37-44,47-52,63-66H,9-12,17-36H2,1-6H3/t37-,38-,39?,40?,41-,42-,43+,44+,47-,48-,49+,50+,51+,52+,59+,60+,61-,62-/m1/s1. The summed E-state index contributed by atoms with van der Waals surface area (Å²) in [4.78, 5) is 28.8. The number of anilines is 2. The van der Waals surface area contributed by atoms with E-state index in [-0.39, 0.29) is 23.8 Å². The Labute approximate surface area is 411 Å². The predicted molar refractivity (Wildman–Crippen MR) is 276 cm³/mol. The molecule has 0 aromatic heterocycles. The van der Waals surface area contributed by atoms with Crippen molar-refractivity contribution in [2.75, 3.05) is 23.7 Å². The molecule has 9 aliphatic carbocycles. The number of rotatable bonds is 12. The van der Waals surface area contributed by atoms with Crippen molar-refractivity contribution in [1.29, 1.82) is 0 Å². The first-order chi connectivity index (χ1) is 32.7. The maximum absolute atomic E-state index is 14.4. The van der Waals surface area contributed by atoms with Gasteiger partial charge in [0.1, 0.15) is 0 Å². The quantitative estimate of drug-likeness (QED) is 0.135. The van der Waals surface area contributed by atoms with Crippen molar-refractivity contribution >= 4 is 22.9 Å². The van der Waals surface area contributed by atoms with Gasteiger partial charge < -0.3 is 20.8 Å². The lowest BCUT2D eigenvalue weighted by Gasteiger charge is -2.61. The Morgan fingerprint density at radius 1 is 0.515 bits per heavy atom. The molecule has 0 saturated heterocycles. The molecule has 2 unspecified atom stereocenters. The molecule has 0 radical (unpaired) electrons. The van der Waals surface area contributed by atoms with Crippen LogP contribution in [-0.2, 0) is 0 Å². The minimum Gasteiger partial charge on any atom is -0.393 e. The Hall–Kier alpha value is -2.70. The minimum absolute atomic E-state index is 0.0431. The highest BCUT2D eigenvalue weighted by atomic mass is 16.3. The summed E-state index contributed by atoms with van der Waals surface area (Å²) in [5, 5.41) is 28.3. The fourth-order valence-corrected chi connectivity index (χ4v) is 20.7. The van der Waals surface area contributed by atoms with Crippen LogP contribution in [0.3, 0.4) is 0 Å². The first-order valence-corrected chi connectivity index (χ1v) is 28.8. The van der Waals surface area contributed by atoms with E-state index in [9.17, 15) is 19.8 Å². The minimum atomic E-state index is -0.0738. The maximum Gasteiger partial charge on any atom is 0.196 e. The average molecular weight is 927 g/mol. The van der Waals surface area contributed by atoms with Crippen LogP contribution in [0, 0.1) is 92.7 Å². The molecule has 4 N–H and O–H groups in total. The zero-order valence-electron chi connectivity index (χ0n) is 43.2. The predicted octanol–water partition coefficient (Wildman–Crippen LogP) is 14.2. The number of hydrogen-bond acceptors (Lipinski definition) is 6. The normalized spacial score (nSPS) is 43.4. The van der Waals surface area contributed by atoms with Gasteiger partial charge in [-0.15, -0.1) is 0 Å². The number of carbonyl (C=O) groups excluding carboxylic acids is 2. The molecule has 0 bridgehead atoms. The van der Waals surface area contributed by atoms with E-state index >= 15 is 0 Å². The van der Waals surface area contributed by atoms with Crippen molar-refractivity contribution in [2.45, 2.75) is 195 Å². The van der Waals surface area contributed by atoms with Gasteiger partial charge in [-0.1, -0.05) is 65.8 Å². The Morgan fingerprint density at radius 3 is 1.34 bits per heavy atom. The molecule has 9 aliphatic rings. The second kappa shape index (κ2) is 18.1. The summed E-state index contributed by atoms with van der Waals surface area (Å²) in [5.74, 6) is 9.36. The molecule has 68 heavy (non-hydrogen) atoms. The molecular weight excluding hydrogens is 837 g/mol. The smallest absolute Gasteiger partial charge is 0.196 e. The van der Waals surface area contributed by atoms with Gasteiger partial charge in [-0.3, -0.25) is 9.59 Å². The molecule has 2 aromatic carbocycles. The summed E-state index contributed by atoms with van der Waals surface area (Å²) >= 11 is 0. The SMILES string of the molecule is C[C@H](CCCNc1cccc2c1C(=O)c1cccc(NCCC[C@@H](C)[C@H]3CC[C@H]4[C@@H]5CCC6C[C@H](O)CC[C@]6(C)[C@H]5CC[C@]34C)c1C2=O)[C@H]1CC[C@H]2[C@@H]3CCC4C[C@H](O)CC[C@]4(C)[C@H]3CC[C@]12C. The van der Waals surface area contributed by atoms with E-state index in [0.717, 1.165) is 122 Å². The zero-order valence-corrected chi connectivity index (χ0v) is 43.2. The largest absolute Gasteiger partial charge is 0.393 e. The van der Waals surface area contributed by atoms with Gasteiger partial charge in [-0.2, -0.15) is 0 Å². The van der Waals surface area contributed by atoms with Gasteiger partial charge in [-0.05, 0) is 246 Å². The summed E-state index contributed by atoms with van der Waals surface area (Å²) < 4.78 is 0. The van der Waals surface area contributed by atoms with Gasteiger partial charge in [0.15, 0.2) is 11.6 Å². The van der Waals surface area contributed by atoms with Gasteiger partial charge in [0, 0.05) is 35.6 Å². The molecule has 0 heterocycles. The van der Waals surface area contributed by atoms with Crippen LogP contribution in [0.15, 0.2) is 36.4 Å². The number of carbonyl (C=O) groups is 2. The lowest BCUT2D eigenvalue weighted by molar-refractivity contribution is -0.129. The molecule has 2 aromatic rings. The van der Waals surface area contributed by atoms with Crippen LogP contribution in [0.4, 0.5) is 11.4 Å². The van der Waals surface area contributed by atoms with Crippen LogP contribution < -0.4 is 10.6 Å². The summed E-state index contributed by atoms with van der Waals surface area (Å²) in [6.45, 7) is 17.2. The molecule has 11 rings (SSSR count). The Balaban J connectivity index is 0.674. The van der Waals surface area contributed by atoms with Crippen molar-refractivity contribution < 1.29 is 19.8 Å². The molecule has 0 spiro atoms. The van der Waals surface area contributed by atoms with Crippen LogP contribution in [-0.4, -0.2) is 47.1 Å². The highest BCUT2D eigenvalue weighted by molar-refractivity contribution is 6.31. The van der Waals surface area contributed by atoms with E-state index in [1.165, 1.54) is 103 Å². The lowest BCUT2D eigenvalue weighted by atomic mass is 9.44. The molecule has 0 aliphatic heterocycles. The van der Waals surface area contributed by atoms with Gasteiger partial charge in [0.25, 0.3) is 0 Å². The Kier molecular flexibility index (Phi) is 12.7. The van der Waals surface area contributed by atoms with Gasteiger partial charge in [0.2, 0.25) is 0 Å². The van der Waals surface area contributed by atoms with E-state index < -0.39 is 0 Å². The highest BCUT2D eigenvalue weighted by Crippen LogP contribution is 2.70. The topological polar surface area (TPSA) is 98.7 Å². The maximum atomic E-state index is 14.4. The van der Waals surface area contributed by atoms with Crippen LogP contribution in [0.5, 0.6) is 0 Å². The highest BCUT2D eigenvalue weighted by Gasteiger charge is 2.62. The number of nitrogens with one attached hydrogen (secondary N) is 2. The first kappa shape index (κ1) is 47.6. The number of ketones is 2.